The van der Waals surface area contributed by atoms with E-state index < -0.39 is 12.1 Å². The first-order valence-electron chi connectivity index (χ1n) is 8.41. The lowest BCUT2D eigenvalue weighted by Gasteiger charge is -2.12. The van der Waals surface area contributed by atoms with E-state index >= 15 is 0 Å². The average Bonchev–Trinajstić information content (AvgIpc) is 2.66. The number of nitrogens with one attached hydrogen (secondary N) is 1. The number of benzene rings is 2. The van der Waals surface area contributed by atoms with Crippen LogP contribution in [0.4, 0.5) is 0 Å². The number of carbonyl (C=O) groups excluding carboxylic acids is 2. The molecule has 0 radical (unpaired) electrons. The summed E-state index contributed by atoms with van der Waals surface area (Å²) in [5.74, 6) is -0.454. The van der Waals surface area contributed by atoms with Gasteiger partial charge in [-0.2, -0.15) is 0 Å². The third kappa shape index (κ3) is 4.60. The summed E-state index contributed by atoms with van der Waals surface area (Å²) in [6.45, 7) is 1.52. The molecule has 1 heterocycles. The Bertz CT molecular complexity index is 1040. The molecule has 1 aromatic heterocycles. The SMILES string of the molecule is CC(OC(=O)CCc1nc2ccccc2c(=O)[nH]1)C(=O)c1ccc(Cl)cc1. The zero-order valence-corrected chi connectivity index (χ0v) is 15.3. The molecule has 0 fully saturated rings. The number of nitrogens with zero attached hydrogens (tertiary/aromatic N) is 1. The summed E-state index contributed by atoms with van der Waals surface area (Å²) < 4.78 is 5.19. The number of esters is 1. The Morgan fingerprint density at radius 2 is 1.85 bits per heavy atom. The number of carbonyl (C=O) groups is 2. The van der Waals surface area contributed by atoms with Gasteiger partial charge in [-0.3, -0.25) is 14.4 Å². The monoisotopic (exact) mass is 384 g/mol. The zero-order valence-electron chi connectivity index (χ0n) is 14.6. The largest absolute Gasteiger partial charge is 0.454 e. The normalized spacial score (nSPS) is 11.9. The van der Waals surface area contributed by atoms with Gasteiger partial charge >= 0.3 is 5.97 Å². The topological polar surface area (TPSA) is 89.1 Å². The number of hydrogen-bond donors (Lipinski definition) is 1. The minimum atomic E-state index is -0.915. The molecule has 138 valence electrons. The van der Waals surface area contributed by atoms with Crippen molar-refractivity contribution in [3.05, 3.63) is 75.3 Å². The van der Waals surface area contributed by atoms with Crippen LogP contribution in [-0.2, 0) is 16.0 Å². The number of hydrogen-bond acceptors (Lipinski definition) is 5. The maximum atomic E-state index is 12.3. The molecule has 3 rings (SSSR count). The predicted molar refractivity (Wildman–Crippen MR) is 102 cm³/mol. The van der Waals surface area contributed by atoms with Gasteiger partial charge in [0.05, 0.1) is 17.3 Å². The molecular formula is C20H17ClN2O4. The third-order valence-corrected chi connectivity index (χ3v) is 4.29. The fourth-order valence-corrected chi connectivity index (χ4v) is 2.76. The highest BCUT2D eigenvalue weighted by molar-refractivity contribution is 6.30. The second-order valence-electron chi connectivity index (χ2n) is 6.03. The molecule has 2 aromatic carbocycles. The molecule has 0 spiro atoms. The van der Waals surface area contributed by atoms with Crippen molar-refractivity contribution < 1.29 is 14.3 Å². The molecule has 7 heteroatoms. The Hall–Kier alpha value is -2.99. The van der Waals surface area contributed by atoms with Crippen molar-refractivity contribution in [2.45, 2.75) is 25.9 Å². The van der Waals surface area contributed by atoms with Crippen LogP contribution in [0.3, 0.4) is 0 Å². The lowest BCUT2D eigenvalue weighted by Crippen LogP contribution is -2.24. The maximum absolute atomic E-state index is 12.3. The molecule has 0 aliphatic rings. The third-order valence-electron chi connectivity index (χ3n) is 4.03. The summed E-state index contributed by atoms with van der Waals surface area (Å²) in [5, 5.41) is 1.01. The Morgan fingerprint density at radius 3 is 2.59 bits per heavy atom. The van der Waals surface area contributed by atoms with Crippen LogP contribution >= 0.6 is 11.6 Å². The van der Waals surface area contributed by atoms with Crippen LogP contribution in [0.2, 0.25) is 5.02 Å². The van der Waals surface area contributed by atoms with Crippen molar-refractivity contribution in [2.24, 2.45) is 0 Å². The van der Waals surface area contributed by atoms with Gasteiger partial charge in [0, 0.05) is 17.0 Å². The number of ketones is 1. The second-order valence-corrected chi connectivity index (χ2v) is 6.47. The molecule has 0 aliphatic heterocycles. The van der Waals surface area contributed by atoms with E-state index in [1.807, 2.05) is 0 Å². The molecule has 0 saturated heterocycles. The molecule has 1 atom stereocenters. The number of ether oxygens (including phenoxy) is 1. The molecular weight excluding hydrogens is 368 g/mol. The number of halogens is 1. The van der Waals surface area contributed by atoms with Crippen LogP contribution < -0.4 is 5.56 Å². The average molecular weight is 385 g/mol. The number of H-pyrrole nitrogens is 1. The zero-order chi connectivity index (χ0) is 19.4. The Kier molecular flexibility index (Phi) is 5.66. The lowest BCUT2D eigenvalue weighted by atomic mass is 10.1. The van der Waals surface area contributed by atoms with Gasteiger partial charge < -0.3 is 9.72 Å². The van der Waals surface area contributed by atoms with Gasteiger partial charge in [-0.05, 0) is 43.3 Å². The molecule has 6 nitrogen and oxygen atoms in total. The minimum Gasteiger partial charge on any atom is -0.454 e. The van der Waals surface area contributed by atoms with Crippen LogP contribution in [0.1, 0.15) is 29.5 Å². The van der Waals surface area contributed by atoms with Crippen molar-refractivity contribution in [3.63, 3.8) is 0 Å². The lowest BCUT2D eigenvalue weighted by molar-refractivity contribution is -0.146. The van der Waals surface area contributed by atoms with Crippen LogP contribution in [0.25, 0.3) is 10.9 Å². The summed E-state index contributed by atoms with van der Waals surface area (Å²) in [6.07, 6.45) is -0.706. The van der Waals surface area contributed by atoms with Gasteiger partial charge in [0.2, 0.25) is 5.78 Å². The van der Waals surface area contributed by atoms with Crippen LogP contribution in [0.5, 0.6) is 0 Å². The maximum Gasteiger partial charge on any atom is 0.306 e. The molecule has 0 aliphatic carbocycles. The molecule has 0 saturated carbocycles. The highest BCUT2D eigenvalue weighted by atomic mass is 35.5. The van der Waals surface area contributed by atoms with Gasteiger partial charge in [-0.15, -0.1) is 0 Å². The fraction of sp³-hybridized carbons (Fsp3) is 0.200. The second kappa shape index (κ2) is 8.14. The molecule has 1 unspecified atom stereocenters. The van der Waals surface area contributed by atoms with E-state index in [0.717, 1.165) is 0 Å². The van der Waals surface area contributed by atoms with Gasteiger partial charge in [0.25, 0.3) is 5.56 Å². The first-order chi connectivity index (χ1) is 12.9. The molecule has 3 aromatic rings. The van der Waals surface area contributed by atoms with E-state index in [-0.39, 0.29) is 24.2 Å². The summed E-state index contributed by atoms with van der Waals surface area (Å²) in [7, 11) is 0. The Morgan fingerprint density at radius 1 is 1.15 bits per heavy atom. The van der Waals surface area contributed by atoms with E-state index in [0.29, 0.717) is 27.3 Å². The molecule has 0 amide bonds. The molecule has 1 N–H and O–H groups in total. The van der Waals surface area contributed by atoms with Crippen LogP contribution in [0, 0.1) is 0 Å². The standard InChI is InChI=1S/C20H17ClN2O4/c1-12(19(25)13-6-8-14(21)9-7-13)27-18(24)11-10-17-22-16-5-3-2-4-15(16)20(26)23-17/h2-9,12H,10-11H2,1H3,(H,22,23,26). The van der Waals surface area contributed by atoms with E-state index in [1.165, 1.54) is 6.92 Å². The van der Waals surface area contributed by atoms with Crippen LogP contribution in [-0.4, -0.2) is 27.8 Å². The molecule has 0 bridgehead atoms. The number of aryl methyl sites for hydroxylation is 1. The number of para-hydroxylation sites is 1. The molecule has 27 heavy (non-hydrogen) atoms. The van der Waals surface area contributed by atoms with E-state index in [1.54, 1.807) is 48.5 Å². The van der Waals surface area contributed by atoms with Crippen LogP contribution in [0.15, 0.2) is 53.3 Å². The smallest absolute Gasteiger partial charge is 0.306 e. The summed E-state index contributed by atoms with van der Waals surface area (Å²) in [6, 6.07) is 13.3. The number of aromatic nitrogens is 2. The van der Waals surface area contributed by atoms with E-state index in [2.05, 4.69) is 9.97 Å². The summed E-state index contributed by atoms with van der Waals surface area (Å²) >= 11 is 5.80. The number of rotatable bonds is 6. The summed E-state index contributed by atoms with van der Waals surface area (Å²) in [5.41, 5.74) is 0.728. The van der Waals surface area contributed by atoms with E-state index in [4.69, 9.17) is 16.3 Å². The highest BCUT2D eigenvalue weighted by Crippen LogP contribution is 2.13. The first kappa shape index (κ1) is 18.8. The number of aromatic amines is 1. The Balaban J connectivity index is 1.60. The van der Waals surface area contributed by atoms with Crippen molar-refractivity contribution in [1.29, 1.82) is 0 Å². The van der Waals surface area contributed by atoms with Gasteiger partial charge in [0.1, 0.15) is 5.82 Å². The van der Waals surface area contributed by atoms with Crippen molar-refractivity contribution in [3.8, 4) is 0 Å². The number of fused-ring (bicyclic) bond motifs is 1. The fourth-order valence-electron chi connectivity index (χ4n) is 2.63. The van der Waals surface area contributed by atoms with E-state index in [9.17, 15) is 14.4 Å². The van der Waals surface area contributed by atoms with Gasteiger partial charge in [-0.1, -0.05) is 23.7 Å². The van der Waals surface area contributed by atoms with Crippen molar-refractivity contribution in [2.75, 3.05) is 0 Å². The summed E-state index contributed by atoms with van der Waals surface area (Å²) in [4.78, 5) is 43.3. The van der Waals surface area contributed by atoms with Crippen molar-refractivity contribution >= 4 is 34.3 Å². The highest BCUT2D eigenvalue weighted by Gasteiger charge is 2.19. The minimum absolute atomic E-state index is 0.000478. The number of Topliss-reactive ketones (excluding diaryl/α,β-unsaturated/α-hetero) is 1. The van der Waals surface area contributed by atoms with Gasteiger partial charge in [-0.25, -0.2) is 4.98 Å². The van der Waals surface area contributed by atoms with Crippen molar-refractivity contribution in [1.82, 2.24) is 9.97 Å². The first-order valence-corrected chi connectivity index (χ1v) is 8.79. The quantitative estimate of drug-likeness (QED) is 0.520. The van der Waals surface area contributed by atoms with Gasteiger partial charge in [0.15, 0.2) is 6.10 Å². The Labute approximate surface area is 160 Å². The predicted octanol–water partition coefficient (Wildman–Crippen LogP) is 3.32.